The van der Waals surface area contributed by atoms with Gasteiger partial charge in [0.1, 0.15) is 15.6 Å². The van der Waals surface area contributed by atoms with Crippen LogP contribution in [-0.2, 0) is 19.9 Å². The molecule has 1 rings (SSSR count). The molecule has 7 nitrogen and oxygen atoms in total. The number of hydrogen-bond donors (Lipinski definition) is 2. The molecule has 0 bridgehead atoms. The highest BCUT2D eigenvalue weighted by atomic mass is 32.2. The van der Waals surface area contributed by atoms with Crippen LogP contribution in [-0.4, -0.2) is 41.7 Å². The van der Waals surface area contributed by atoms with Crippen molar-refractivity contribution in [2.45, 2.75) is 0 Å². The molecule has 0 aliphatic heterocycles. The predicted octanol–water partition coefficient (Wildman–Crippen LogP) is 0.0637. The van der Waals surface area contributed by atoms with Gasteiger partial charge >= 0.3 is 0 Å². The van der Waals surface area contributed by atoms with Gasteiger partial charge in [0.2, 0.25) is 10.0 Å². The molecule has 19 heavy (non-hydrogen) atoms. The second-order valence-corrected chi connectivity index (χ2v) is 8.11. The van der Waals surface area contributed by atoms with E-state index < -0.39 is 31.4 Å². The van der Waals surface area contributed by atoms with Gasteiger partial charge in [-0.2, -0.15) is 0 Å². The molecule has 0 heterocycles. The standard InChI is InChI=1S/C10H16N2O5S2/c1-17-10-7-8(11)3-4-9(10)12-19(15,16)6-5-18(2,13)14/h3-4,7,12H,5-6,11H2,1-2H3. The molecule has 1 aromatic carbocycles. The van der Waals surface area contributed by atoms with Crippen molar-refractivity contribution < 1.29 is 21.6 Å². The Hall–Kier alpha value is -1.48. The van der Waals surface area contributed by atoms with Crippen LogP contribution in [0.4, 0.5) is 11.4 Å². The lowest BCUT2D eigenvalue weighted by Gasteiger charge is -2.12. The van der Waals surface area contributed by atoms with Gasteiger partial charge in [-0.1, -0.05) is 0 Å². The summed E-state index contributed by atoms with van der Waals surface area (Å²) in [6.45, 7) is 0. The number of nitrogens with one attached hydrogen (secondary N) is 1. The lowest BCUT2D eigenvalue weighted by molar-refractivity contribution is 0.417. The maximum Gasteiger partial charge on any atom is 0.233 e. The summed E-state index contributed by atoms with van der Waals surface area (Å²) in [6, 6.07) is 4.43. The predicted molar refractivity (Wildman–Crippen MR) is 74.5 cm³/mol. The third kappa shape index (κ3) is 5.35. The molecule has 0 aliphatic carbocycles. The van der Waals surface area contributed by atoms with Crippen LogP contribution in [0.15, 0.2) is 18.2 Å². The largest absolute Gasteiger partial charge is 0.494 e. The van der Waals surface area contributed by atoms with Gasteiger partial charge in [-0.05, 0) is 12.1 Å². The Morgan fingerprint density at radius 2 is 1.84 bits per heavy atom. The number of hydrogen-bond acceptors (Lipinski definition) is 6. The molecule has 0 fully saturated rings. The number of nitrogen functional groups attached to an aromatic ring is 1. The second-order valence-electron chi connectivity index (χ2n) is 4.01. The molecule has 3 N–H and O–H groups in total. The zero-order chi connectivity index (χ0) is 14.7. The van der Waals surface area contributed by atoms with Crippen LogP contribution in [0.5, 0.6) is 5.75 Å². The number of benzene rings is 1. The summed E-state index contributed by atoms with van der Waals surface area (Å²) in [5.41, 5.74) is 6.19. The molecule has 1 aromatic rings. The molecule has 0 saturated heterocycles. The van der Waals surface area contributed by atoms with Crippen molar-refractivity contribution in [2.24, 2.45) is 0 Å². The van der Waals surface area contributed by atoms with E-state index in [1.807, 2.05) is 0 Å². The monoisotopic (exact) mass is 308 g/mol. The van der Waals surface area contributed by atoms with E-state index >= 15 is 0 Å². The highest BCUT2D eigenvalue weighted by Crippen LogP contribution is 2.27. The fourth-order valence-electron chi connectivity index (χ4n) is 1.27. The Morgan fingerprint density at radius 1 is 1.21 bits per heavy atom. The molecule has 0 amide bonds. The molecule has 0 aromatic heterocycles. The first kappa shape index (κ1) is 15.6. The lowest BCUT2D eigenvalue weighted by atomic mass is 10.2. The molecule has 0 radical (unpaired) electrons. The van der Waals surface area contributed by atoms with Crippen molar-refractivity contribution in [3.63, 3.8) is 0 Å². The SMILES string of the molecule is COc1cc(N)ccc1NS(=O)(=O)CCS(C)(=O)=O. The topological polar surface area (TPSA) is 116 Å². The zero-order valence-corrected chi connectivity index (χ0v) is 12.2. The highest BCUT2D eigenvalue weighted by molar-refractivity contribution is 7.95. The normalized spacial score (nSPS) is 12.1. The molecule has 0 atom stereocenters. The van der Waals surface area contributed by atoms with Crippen molar-refractivity contribution in [3.8, 4) is 5.75 Å². The molecule has 0 unspecified atom stereocenters. The van der Waals surface area contributed by atoms with Crippen LogP contribution < -0.4 is 15.2 Å². The van der Waals surface area contributed by atoms with E-state index in [9.17, 15) is 16.8 Å². The van der Waals surface area contributed by atoms with E-state index in [0.717, 1.165) is 6.26 Å². The van der Waals surface area contributed by atoms with Gasteiger partial charge in [0.25, 0.3) is 0 Å². The summed E-state index contributed by atoms with van der Waals surface area (Å²) in [5, 5.41) is 0. The summed E-state index contributed by atoms with van der Waals surface area (Å²) in [6.07, 6.45) is 0.978. The van der Waals surface area contributed by atoms with Gasteiger partial charge in [0, 0.05) is 18.0 Å². The van der Waals surface area contributed by atoms with Gasteiger partial charge < -0.3 is 10.5 Å². The van der Waals surface area contributed by atoms with Crippen LogP contribution in [0.3, 0.4) is 0 Å². The van der Waals surface area contributed by atoms with Crippen LogP contribution in [0, 0.1) is 0 Å². The van der Waals surface area contributed by atoms with E-state index in [2.05, 4.69) is 4.72 Å². The first-order valence-electron chi connectivity index (χ1n) is 5.25. The number of nitrogens with two attached hydrogens (primary N) is 1. The van der Waals surface area contributed by atoms with E-state index in [4.69, 9.17) is 10.5 Å². The second kappa shape index (κ2) is 5.66. The third-order valence-corrected chi connectivity index (χ3v) is 4.69. The Kier molecular flexibility index (Phi) is 4.64. The van der Waals surface area contributed by atoms with Crippen LogP contribution in [0.25, 0.3) is 0 Å². The summed E-state index contributed by atoms with van der Waals surface area (Å²) < 4.78 is 52.7. The average Bonchev–Trinajstić information content (AvgIpc) is 2.28. The molecule has 0 spiro atoms. The number of sulfonamides is 1. The van der Waals surface area contributed by atoms with Crippen LogP contribution in [0.2, 0.25) is 0 Å². The minimum absolute atomic E-state index is 0.213. The molecule has 0 aliphatic rings. The van der Waals surface area contributed by atoms with Crippen molar-refractivity contribution in [2.75, 3.05) is 35.3 Å². The Labute approximate surface area is 112 Å². The summed E-state index contributed by atoms with van der Waals surface area (Å²) in [5.74, 6) is -0.693. The minimum atomic E-state index is -3.76. The van der Waals surface area contributed by atoms with Gasteiger partial charge in [0.05, 0.1) is 24.3 Å². The Balaban J connectivity index is 2.90. The zero-order valence-electron chi connectivity index (χ0n) is 10.6. The van der Waals surface area contributed by atoms with Crippen molar-refractivity contribution in [1.29, 1.82) is 0 Å². The number of sulfone groups is 1. The van der Waals surface area contributed by atoms with E-state index in [-0.39, 0.29) is 11.4 Å². The highest BCUT2D eigenvalue weighted by Gasteiger charge is 2.16. The minimum Gasteiger partial charge on any atom is -0.494 e. The van der Waals surface area contributed by atoms with E-state index in [1.54, 1.807) is 0 Å². The van der Waals surface area contributed by atoms with Gasteiger partial charge in [-0.25, -0.2) is 16.8 Å². The van der Waals surface area contributed by atoms with Crippen molar-refractivity contribution >= 4 is 31.2 Å². The van der Waals surface area contributed by atoms with Crippen molar-refractivity contribution in [1.82, 2.24) is 0 Å². The number of ether oxygens (including phenoxy) is 1. The number of rotatable bonds is 6. The molecular formula is C10H16N2O5S2. The quantitative estimate of drug-likeness (QED) is 0.718. The Bertz CT molecular complexity index is 652. The molecule has 108 valence electrons. The smallest absolute Gasteiger partial charge is 0.233 e. The van der Waals surface area contributed by atoms with Gasteiger partial charge in [-0.3, -0.25) is 4.72 Å². The maximum absolute atomic E-state index is 11.7. The maximum atomic E-state index is 11.7. The molecular weight excluding hydrogens is 292 g/mol. The van der Waals surface area contributed by atoms with Crippen LogP contribution >= 0.6 is 0 Å². The van der Waals surface area contributed by atoms with E-state index in [0.29, 0.717) is 5.69 Å². The first-order valence-corrected chi connectivity index (χ1v) is 8.96. The lowest BCUT2D eigenvalue weighted by Crippen LogP contribution is -2.22. The van der Waals surface area contributed by atoms with Gasteiger partial charge in [0.15, 0.2) is 0 Å². The number of anilines is 2. The van der Waals surface area contributed by atoms with Crippen LogP contribution in [0.1, 0.15) is 0 Å². The third-order valence-electron chi connectivity index (χ3n) is 2.21. The molecule has 0 saturated carbocycles. The number of methoxy groups -OCH3 is 1. The van der Waals surface area contributed by atoms with E-state index in [1.165, 1.54) is 25.3 Å². The Morgan fingerprint density at radius 3 is 2.37 bits per heavy atom. The summed E-state index contributed by atoms with van der Waals surface area (Å²) >= 11 is 0. The fraction of sp³-hybridized carbons (Fsp3) is 0.400. The average molecular weight is 308 g/mol. The fourth-order valence-corrected chi connectivity index (χ4v) is 3.97. The summed E-state index contributed by atoms with van der Waals surface area (Å²) in [4.78, 5) is 0. The first-order chi connectivity index (χ1) is 8.63. The summed E-state index contributed by atoms with van der Waals surface area (Å²) in [7, 11) is -5.73. The van der Waals surface area contributed by atoms with Gasteiger partial charge in [-0.15, -0.1) is 0 Å². The van der Waals surface area contributed by atoms with Crippen molar-refractivity contribution in [3.05, 3.63) is 18.2 Å². The molecule has 9 heteroatoms.